The lowest BCUT2D eigenvalue weighted by atomic mass is 10.1. The van der Waals surface area contributed by atoms with Gasteiger partial charge in [0, 0.05) is 0 Å². The largest absolute Gasteiger partial charge is 0.493 e. The lowest BCUT2D eigenvalue weighted by Gasteiger charge is -2.12. The van der Waals surface area contributed by atoms with E-state index in [1.54, 1.807) is 24.3 Å². The summed E-state index contributed by atoms with van der Waals surface area (Å²) in [5.41, 5.74) is 0.551. The molecule has 150 valence electrons. The Bertz CT molecular complexity index is 1010. The second-order valence-corrected chi connectivity index (χ2v) is 6.02. The number of imide groups is 1. The third-order valence-electron chi connectivity index (χ3n) is 4.13. The maximum Gasteiger partial charge on any atom is 0.329 e. The Balaban J connectivity index is 1.73. The van der Waals surface area contributed by atoms with E-state index in [2.05, 4.69) is 10.6 Å². The van der Waals surface area contributed by atoms with Gasteiger partial charge in [0.25, 0.3) is 5.91 Å². The smallest absolute Gasteiger partial charge is 0.329 e. The number of anilines is 1. The lowest BCUT2D eigenvalue weighted by Crippen LogP contribution is -2.38. The molecule has 4 amide bonds. The number of amides is 4. The van der Waals surface area contributed by atoms with Crippen LogP contribution in [0.1, 0.15) is 5.56 Å². The van der Waals surface area contributed by atoms with Crippen LogP contribution in [0, 0.1) is 5.82 Å². The number of carbonyl (C=O) groups excluding carboxylic acids is 3. The zero-order chi connectivity index (χ0) is 21.0. The summed E-state index contributed by atoms with van der Waals surface area (Å²) in [6, 6.07) is 9.83. The highest BCUT2D eigenvalue weighted by Crippen LogP contribution is 2.28. The maximum absolute atomic E-state index is 13.6. The van der Waals surface area contributed by atoms with Gasteiger partial charge in [0.05, 0.1) is 19.9 Å². The van der Waals surface area contributed by atoms with Crippen molar-refractivity contribution in [2.75, 3.05) is 26.1 Å². The molecule has 2 aromatic rings. The van der Waals surface area contributed by atoms with Crippen LogP contribution >= 0.6 is 0 Å². The van der Waals surface area contributed by atoms with Crippen molar-refractivity contribution in [3.8, 4) is 11.5 Å². The van der Waals surface area contributed by atoms with Gasteiger partial charge in [-0.15, -0.1) is 0 Å². The highest BCUT2D eigenvalue weighted by molar-refractivity contribution is 6.15. The number of carbonyl (C=O) groups is 3. The first kappa shape index (κ1) is 19.9. The van der Waals surface area contributed by atoms with E-state index in [0.717, 1.165) is 4.90 Å². The van der Waals surface area contributed by atoms with Crippen LogP contribution in [-0.2, 0) is 9.59 Å². The molecule has 0 bridgehead atoms. The fourth-order valence-corrected chi connectivity index (χ4v) is 2.72. The summed E-state index contributed by atoms with van der Waals surface area (Å²) < 4.78 is 24.0. The second-order valence-electron chi connectivity index (χ2n) is 6.02. The van der Waals surface area contributed by atoms with Crippen LogP contribution in [0.15, 0.2) is 48.2 Å². The monoisotopic (exact) mass is 399 g/mol. The minimum Gasteiger partial charge on any atom is -0.493 e. The van der Waals surface area contributed by atoms with Crippen molar-refractivity contribution in [2.24, 2.45) is 0 Å². The molecular weight excluding hydrogens is 381 g/mol. The number of ether oxygens (including phenoxy) is 2. The van der Waals surface area contributed by atoms with Gasteiger partial charge in [0.15, 0.2) is 11.5 Å². The molecule has 1 aliphatic rings. The molecule has 1 aliphatic heterocycles. The molecule has 2 N–H and O–H groups in total. The molecule has 1 saturated heterocycles. The summed E-state index contributed by atoms with van der Waals surface area (Å²) in [5, 5.41) is 4.75. The third kappa shape index (κ3) is 4.34. The van der Waals surface area contributed by atoms with Crippen LogP contribution in [0.5, 0.6) is 11.5 Å². The van der Waals surface area contributed by atoms with Gasteiger partial charge in [-0.3, -0.25) is 9.59 Å². The molecule has 0 saturated carbocycles. The lowest BCUT2D eigenvalue weighted by molar-refractivity contribution is -0.127. The first-order chi connectivity index (χ1) is 13.9. The number of benzene rings is 2. The van der Waals surface area contributed by atoms with Gasteiger partial charge in [-0.1, -0.05) is 18.2 Å². The molecule has 0 spiro atoms. The van der Waals surface area contributed by atoms with Crippen molar-refractivity contribution < 1.29 is 28.2 Å². The Morgan fingerprint density at radius 2 is 1.86 bits per heavy atom. The minimum absolute atomic E-state index is 0.000844. The zero-order valence-electron chi connectivity index (χ0n) is 15.7. The standard InChI is InChI=1S/C20H18FN3O5/c1-28-16-8-7-12(10-17(16)29-2)9-15-19(26)24(20(27)23-15)11-18(25)22-14-6-4-3-5-13(14)21/h3-10H,11H2,1-2H3,(H,22,25)(H,23,27)/b15-9+. The topological polar surface area (TPSA) is 97.0 Å². The fraction of sp³-hybridized carbons (Fsp3) is 0.150. The van der Waals surface area contributed by atoms with Gasteiger partial charge >= 0.3 is 6.03 Å². The SMILES string of the molecule is COc1ccc(/C=C2/NC(=O)N(CC(=O)Nc3ccccc3F)C2=O)cc1OC. The quantitative estimate of drug-likeness (QED) is 0.574. The van der Waals surface area contributed by atoms with E-state index in [-0.39, 0.29) is 11.4 Å². The number of para-hydroxylation sites is 1. The molecule has 0 aliphatic carbocycles. The molecule has 29 heavy (non-hydrogen) atoms. The summed E-state index contributed by atoms with van der Waals surface area (Å²) >= 11 is 0. The predicted octanol–water partition coefficient (Wildman–Crippen LogP) is 2.37. The van der Waals surface area contributed by atoms with Crippen molar-refractivity contribution in [3.63, 3.8) is 0 Å². The van der Waals surface area contributed by atoms with E-state index in [1.807, 2.05) is 0 Å². The Hall–Kier alpha value is -3.88. The molecule has 0 atom stereocenters. The summed E-state index contributed by atoms with van der Waals surface area (Å²) in [6.45, 7) is -0.553. The average molecular weight is 399 g/mol. The molecular formula is C20H18FN3O5. The molecule has 1 fully saturated rings. The second kappa shape index (κ2) is 8.42. The summed E-state index contributed by atoms with van der Waals surface area (Å²) in [5.74, 6) is -1.02. The Morgan fingerprint density at radius 3 is 2.55 bits per heavy atom. The van der Waals surface area contributed by atoms with Crippen LogP contribution in [-0.4, -0.2) is 43.5 Å². The predicted molar refractivity (Wildman–Crippen MR) is 103 cm³/mol. The van der Waals surface area contributed by atoms with Crippen molar-refractivity contribution in [1.29, 1.82) is 0 Å². The van der Waals surface area contributed by atoms with Gasteiger partial charge in [-0.2, -0.15) is 0 Å². The minimum atomic E-state index is -0.745. The van der Waals surface area contributed by atoms with E-state index >= 15 is 0 Å². The van der Waals surface area contributed by atoms with Crippen LogP contribution < -0.4 is 20.1 Å². The number of hydrogen-bond acceptors (Lipinski definition) is 5. The number of nitrogens with one attached hydrogen (secondary N) is 2. The number of halogens is 1. The van der Waals surface area contributed by atoms with Gasteiger partial charge < -0.3 is 20.1 Å². The average Bonchev–Trinajstić information content (AvgIpc) is 2.97. The molecule has 2 aromatic carbocycles. The molecule has 0 radical (unpaired) electrons. The van der Waals surface area contributed by atoms with Gasteiger partial charge in [-0.25, -0.2) is 14.1 Å². The van der Waals surface area contributed by atoms with Crippen molar-refractivity contribution >= 4 is 29.6 Å². The van der Waals surface area contributed by atoms with Crippen LogP contribution in [0.3, 0.4) is 0 Å². The number of rotatable bonds is 6. The Morgan fingerprint density at radius 1 is 1.14 bits per heavy atom. The highest BCUT2D eigenvalue weighted by atomic mass is 19.1. The molecule has 8 nitrogen and oxygen atoms in total. The molecule has 3 rings (SSSR count). The van der Waals surface area contributed by atoms with Crippen LogP contribution in [0.2, 0.25) is 0 Å². The van der Waals surface area contributed by atoms with Crippen LogP contribution in [0.25, 0.3) is 6.08 Å². The van der Waals surface area contributed by atoms with Gasteiger partial charge in [0.2, 0.25) is 5.91 Å². The summed E-state index contributed by atoms with van der Waals surface area (Å²) in [7, 11) is 2.98. The van der Waals surface area contributed by atoms with E-state index in [4.69, 9.17) is 9.47 Å². The first-order valence-electron chi connectivity index (χ1n) is 8.54. The van der Waals surface area contributed by atoms with Gasteiger partial charge in [-0.05, 0) is 35.9 Å². The van der Waals surface area contributed by atoms with Crippen molar-refractivity contribution in [3.05, 3.63) is 59.5 Å². The Kier molecular flexibility index (Phi) is 5.77. The fourth-order valence-electron chi connectivity index (χ4n) is 2.72. The van der Waals surface area contributed by atoms with E-state index in [9.17, 15) is 18.8 Å². The summed E-state index contributed by atoms with van der Waals surface area (Å²) in [6.07, 6.45) is 1.46. The number of methoxy groups -OCH3 is 2. The maximum atomic E-state index is 13.6. The molecule has 9 heteroatoms. The summed E-state index contributed by atoms with van der Waals surface area (Å²) in [4.78, 5) is 37.5. The molecule has 0 unspecified atom stereocenters. The number of urea groups is 1. The van der Waals surface area contributed by atoms with Gasteiger partial charge in [0.1, 0.15) is 18.1 Å². The van der Waals surface area contributed by atoms with Crippen molar-refractivity contribution in [1.82, 2.24) is 10.2 Å². The van der Waals surface area contributed by atoms with Crippen molar-refractivity contribution in [2.45, 2.75) is 0 Å². The zero-order valence-corrected chi connectivity index (χ0v) is 15.7. The Labute approximate surface area is 165 Å². The number of hydrogen-bond donors (Lipinski definition) is 2. The normalized spacial score (nSPS) is 14.7. The van der Waals surface area contributed by atoms with E-state index in [1.165, 1.54) is 38.5 Å². The molecule has 1 heterocycles. The number of nitrogens with zero attached hydrogens (tertiary/aromatic N) is 1. The van der Waals surface area contributed by atoms with E-state index < -0.39 is 30.2 Å². The van der Waals surface area contributed by atoms with E-state index in [0.29, 0.717) is 17.1 Å². The third-order valence-corrected chi connectivity index (χ3v) is 4.13. The van der Waals surface area contributed by atoms with Crippen LogP contribution in [0.4, 0.5) is 14.9 Å². The first-order valence-corrected chi connectivity index (χ1v) is 8.54. The molecule has 0 aromatic heterocycles. The highest BCUT2D eigenvalue weighted by Gasteiger charge is 2.35.